The summed E-state index contributed by atoms with van der Waals surface area (Å²) in [5, 5.41) is 14.4. The van der Waals surface area contributed by atoms with Crippen LogP contribution in [0.15, 0.2) is 39.1 Å². The fraction of sp³-hybridized carbons (Fsp3) is 0.250. The van der Waals surface area contributed by atoms with Crippen molar-refractivity contribution in [2.45, 2.75) is 25.1 Å². The number of rotatable bonds is 9. The van der Waals surface area contributed by atoms with Gasteiger partial charge in [0.2, 0.25) is 16.9 Å². The van der Waals surface area contributed by atoms with E-state index in [1.807, 2.05) is 30.3 Å². The topological polar surface area (TPSA) is 123 Å². The maximum absolute atomic E-state index is 12.4. The maximum Gasteiger partial charge on any atom is 0.344 e. The monoisotopic (exact) mass is 460 g/mol. The van der Waals surface area contributed by atoms with Crippen LogP contribution >= 0.6 is 23.1 Å². The van der Waals surface area contributed by atoms with Crippen LogP contribution in [0.2, 0.25) is 0 Å². The molecular weight excluding hydrogens is 440 g/mol. The number of hydrogen-bond donors (Lipinski definition) is 2. The summed E-state index contributed by atoms with van der Waals surface area (Å²) in [4.78, 5) is 36.7. The summed E-state index contributed by atoms with van der Waals surface area (Å²) in [7, 11) is 0. The Morgan fingerprint density at radius 3 is 2.58 bits per heavy atom. The second-order valence-electron chi connectivity index (χ2n) is 6.22. The number of furan rings is 1. The Bertz CT molecular complexity index is 1090. The Morgan fingerprint density at radius 2 is 1.90 bits per heavy atom. The van der Waals surface area contributed by atoms with Gasteiger partial charge in [-0.05, 0) is 32.9 Å². The number of anilines is 3. The van der Waals surface area contributed by atoms with Crippen molar-refractivity contribution in [2.24, 2.45) is 0 Å². The van der Waals surface area contributed by atoms with Crippen molar-refractivity contribution in [3.05, 3.63) is 47.2 Å². The van der Waals surface area contributed by atoms with E-state index in [0.29, 0.717) is 9.47 Å². The van der Waals surface area contributed by atoms with Gasteiger partial charge in [-0.2, -0.15) is 0 Å². The molecule has 0 saturated heterocycles. The molecule has 0 saturated carbocycles. The van der Waals surface area contributed by atoms with Crippen molar-refractivity contribution in [2.75, 3.05) is 23.0 Å². The van der Waals surface area contributed by atoms with Gasteiger partial charge in [0.05, 0.1) is 17.9 Å². The third kappa shape index (κ3) is 5.70. The number of esters is 1. The largest absolute Gasteiger partial charge is 0.462 e. The predicted molar refractivity (Wildman–Crippen MR) is 118 cm³/mol. The number of carbonyl (C=O) groups is 3. The number of thioether (sulfide) groups is 1. The summed E-state index contributed by atoms with van der Waals surface area (Å²) in [5.74, 6) is -1.36. The summed E-state index contributed by atoms with van der Waals surface area (Å²) in [6, 6.07) is 9.54. The summed E-state index contributed by atoms with van der Waals surface area (Å²) >= 11 is 2.50. The lowest BCUT2D eigenvalue weighted by atomic mass is 10.1. The molecule has 2 heterocycles. The number of carbonyl (C=O) groups excluding carboxylic acids is 3. The van der Waals surface area contributed by atoms with Crippen LogP contribution < -0.4 is 10.6 Å². The van der Waals surface area contributed by atoms with E-state index >= 15 is 0 Å². The molecule has 0 bridgehead atoms. The lowest BCUT2D eigenvalue weighted by Crippen LogP contribution is -2.17. The molecule has 0 aliphatic heterocycles. The first kappa shape index (κ1) is 22.5. The minimum atomic E-state index is -0.728. The van der Waals surface area contributed by atoms with Crippen molar-refractivity contribution < 1.29 is 23.5 Å². The third-order valence-corrected chi connectivity index (χ3v) is 5.90. The first-order valence-electron chi connectivity index (χ1n) is 9.28. The molecular formula is C20H20N4O5S2. The van der Waals surface area contributed by atoms with E-state index in [1.54, 1.807) is 13.8 Å². The van der Waals surface area contributed by atoms with Crippen molar-refractivity contribution in [3.63, 3.8) is 0 Å². The van der Waals surface area contributed by atoms with E-state index < -0.39 is 11.9 Å². The smallest absolute Gasteiger partial charge is 0.344 e. The Kier molecular flexibility index (Phi) is 7.42. The number of hydrogen-bond acceptors (Lipinski definition) is 10. The van der Waals surface area contributed by atoms with Gasteiger partial charge in [-0.3, -0.25) is 14.9 Å². The van der Waals surface area contributed by atoms with Gasteiger partial charge in [0.25, 0.3) is 0 Å². The van der Waals surface area contributed by atoms with Crippen LogP contribution in [0.1, 0.15) is 40.3 Å². The summed E-state index contributed by atoms with van der Waals surface area (Å²) < 4.78 is 11.1. The Morgan fingerprint density at radius 1 is 1.16 bits per heavy atom. The molecule has 1 aromatic carbocycles. The molecule has 0 fully saturated rings. The van der Waals surface area contributed by atoms with Crippen LogP contribution in [-0.2, 0) is 9.53 Å². The van der Waals surface area contributed by atoms with Crippen molar-refractivity contribution in [3.8, 4) is 0 Å². The molecule has 9 nitrogen and oxygen atoms in total. The highest BCUT2D eigenvalue weighted by Crippen LogP contribution is 2.30. The summed E-state index contributed by atoms with van der Waals surface area (Å²) in [6.45, 7) is 4.64. The van der Waals surface area contributed by atoms with Crippen LogP contribution in [-0.4, -0.2) is 40.2 Å². The highest BCUT2D eigenvalue weighted by atomic mass is 32.2. The van der Waals surface area contributed by atoms with E-state index in [-0.39, 0.29) is 40.9 Å². The first-order valence-corrected chi connectivity index (χ1v) is 11.1. The lowest BCUT2D eigenvalue weighted by Gasteiger charge is -2.05. The van der Waals surface area contributed by atoms with Gasteiger partial charge < -0.3 is 14.5 Å². The van der Waals surface area contributed by atoms with Crippen LogP contribution in [0, 0.1) is 6.92 Å². The highest BCUT2D eigenvalue weighted by Gasteiger charge is 2.28. The van der Waals surface area contributed by atoms with Crippen molar-refractivity contribution in [1.29, 1.82) is 0 Å². The minimum absolute atomic E-state index is 0.0113. The maximum atomic E-state index is 12.4. The van der Waals surface area contributed by atoms with E-state index in [1.165, 1.54) is 30.0 Å². The number of amides is 1. The molecule has 2 N–H and O–H groups in total. The number of Topliss-reactive ketones (excluding diaryl/α,β-unsaturated/α-hetero) is 1. The van der Waals surface area contributed by atoms with Crippen molar-refractivity contribution >= 4 is 57.5 Å². The summed E-state index contributed by atoms with van der Waals surface area (Å²) in [6.07, 6.45) is 0. The average molecular weight is 461 g/mol. The summed E-state index contributed by atoms with van der Waals surface area (Å²) in [5.41, 5.74) is 0.909. The molecule has 162 valence electrons. The molecule has 3 aromatic rings. The quantitative estimate of drug-likeness (QED) is 0.273. The molecule has 0 unspecified atom stereocenters. The average Bonchev–Trinajstić information content (AvgIpc) is 3.31. The molecule has 31 heavy (non-hydrogen) atoms. The molecule has 0 atom stereocenters. The van der Waals surface area contributed by atoms with Crippen LogP contribution in [0.4, 0.5) is 16.7 Å². The molecule has 0 aliphatic rings. The zero-order chi connectivity index (χ0) is 22.4. The normalized spacial score (nSPS) is 10.5. The second kappa shape index (κ2) is 10.2. The highest BCUT2D eigenvalue weighted by molar-refractivity contribution is 8.01. The SMILES string of the molecule is CCOC(=O)c1c(NC(=O)CSc2nnc(Nc3ccccc3)s2)oc(C)c1C(C)=O. The van der Waals surface area contributed by atoms with Gasteiger partial charge in [-0.25, -0.2) is 4.79 Å². The number of nitrogens with one attached hydrogen (secondary N) is 2. The molecule has 2 aromatic heterocycles. The Balaban J connectivity index is 1.64. The van der Waals surface area contributed by atoms with Crippen LogP contribution in [0.3, 0.4) is 0 Å². The molecule has 3 rings (SSSR count). The molecule has 11 heteroatoms. The minimum Gasteiger partial charge on any atom is -0.462 e. The first-order chi connectivity index (χ1) is 14.9. The second-order valence-corrected chi connectivity index (χ2v) is 8.42. The lowest BCUT2D eigenvalue weighted by molar-refractivity contribution is -0.113. The van der Waals surface area contributed by atoms with Crippen LogP contribution in [0.5, 0.6) is 0 Å². The number of aromatic nitrogens is 2. The number of aryl methyl sites for hydroxylation is 1. The van der Waals surface area contributed by atoms with Gasteiger partial charge in [-0.15, -0.1) is 10.2 Å². The predicted octanol–water partition coefficient (Wildman–Crippen LogP) is 4.29. The number of benzene rings is 1. The zero-order valence-corrected chi connectivity index (χ0v) is 18.7. The Labute approximate surface area is 186 Å². The van der Waals surface area contributed by atoms with Gasteiger partial charge >= 0.3 is 5.97 Å². The van der Waals surface area contributed by atoms with Gasteiger partial charge in [0.15, 0.2) is 10.1 Å². The van der Waals surface area contributed by atoms with Gasteiger partial charge in [-0.1, -0.05) is 41.3 Å². The molecule has 0 aliphatic carbocycles. The van der Waals surface area contributed by atoms with E-state index in [4.69, 9.17) is 9.15 Å². The molecule has 0 radical (unpaired) electrons. The van der Waals surface area contributed by atoms with Crippen LogP contribution in [0.25, 0.3) is 0 Å². The molecule has 0 spiro atoms. The zero-order valence-electron chi connectivity index (χ0n) is 17.1. The van der Waals surface area contributed by atoms with E-state index in [0.717, 1.165) is 5.69 Å². The number of para-hydroxylation sites is 1. The Hall–Kier alpha value is -3.18. The van der Waals surface area contributed by atoms with Gasteiger partial charge in [0.1, 0.15) is 11.3 Å². The van der Waals surface area contributed by atoms with E-state index in [2.05, 4.69) is 20.8 Å². The number of nitrogens with zero attached hydrogens (tertiary/aromatic N) is 2. The van der Waals surface area contributed by atoms with E-state index in [9.17, 15) is 14.4 Å². The fourth-order valence-corrected chi connectivity index (χ4v) is 4.28. The standard InChI is InChI=1S/C20H20N4O5S2/c1-4-28-18(27)16-15(11(2)25)12(3)29-17(16)22-14(26)10-30-20-24-23-19(31-20)21-13-8-6-5-7-9-13/h5-9H,4,10H2,1-3H3,(H,21,23)(H,22,26). The van der Waals surface area contributed by atoms with Crippen molar-refractivity contribution in [1.82, 2.24) is 10.2 Å². The number of ketones is 1. The van der Waals surface area contributed by atoms with Gasteiger partial charge in [0, 0.05) is 5.69 Å². The fourth-order valence-electron chi connectivity index (χ4n) is 2.71. The third-order valence-electron chi connectivity index (χ3n) is 3.93. The molecule has 1 amide bonds. The number of ether oxygens (including phenoxy) is 1.